The van der Waals surface area contributed by atoms with Crippen LogP contribution in [0.4, 0.5) is 0 Å². The molecule has 5 heteroatoms. The Balaban J connectivity index is 1.66. The Kier molecular flexibility index (Phi) is 3.61. The Morgan fingerprint density at radius 2 is 1.48 bits per heavy atom. The maximum Gasteiger partial charge on any atom is 0.682 e. The molecule has 0 saturated carbocycles. The van der Waals surface area contributed by atoms with Gasteiger partial charge < -0.3 is 13.8 Å². The first-order valence-corrected chi connectivity index (χ1v) is 9.13. The smallest absolute Gasteiger partial charge is 0.618 e. The van der Waals surface area contributed by atoms with Gasteiger partial charge in [0.2, 0.25) is 6.04 Å². The number of hydrogen-bond donors (Lipinski definition) is 0. The van der Waals surface area contributed by atoms with Crippen LogP contribution in [0.5, 0.6) is 5.75 Å². The fourth-order valence-corrected chi connectivity index (χ4v) is 3.99. The lowest BCUT2D eigenvalue weighted by Gasteiger charge is -2.35. The molecule has 5 rings (SSSR count). The van der Waals surface area contributed by atoms with E-state index in [0.29, 0.717) is 6.42 Å². The summed E-state index contributed by atoms with van der Waals surface area (Å²) in [6, 6.07) is 27.1. The van der Waals surface area contributed by atoms with Crippen LogP contribution < -0.4 is 10.1 Å². The molecule has 0 N–H and O–H groups in total. The summed E-state index contributed by atoms with van der Waals surface area (Å²) < 4.78 is 14.3. The topological polar surface area (TPSA) is 38.5 Å². The van der Waals surface area contributed by atoms with Gasteiger partial charge in [-0.15, -0.1) is 0 Å². The van der Waals surface area contributed by atoms with Crippen LogP contribution in [0.2, 0.25) is 0 Å². The third kappa shape index (κ3) is 2.55. The highest BCUT2D eigenvalue weighted by Gasteiger charge is 2.61. The van der Waals surface area contributed by atoms with E-state index in [-0.39, 0.29) is 5.97 Å². The number of nitrogens with zero attached hydrogens (tertiary/aromatic N) is 1. The number of carbonyl (C=O) groups is 1. The van der Waals surface area contributed by atoms with Crippen molar-refractivity contribution in [2.45, 2.75) is 12.5 Å². The molecular weight excluding hydrogens is 337 g/mol. The molecule has 2 aliphatic rings. The maximum atomic E-state index is 12.9. The normalized spacial score (nSPS) is 22.9. The van der Waals surface area contributed by atoms with Crippen LogP contribution in [0, 0.1) is 0 Å². The zero-order valence-electron chi connectivity index (χ0n) is 14.7. The lowest BCUT2D eigenvalue weighted by molar-refractivity contribution is -0.432. The zero-order chi connectivity index (χ0) is 18.3. The molecule has 0 aromatic heterocycles. The minimum atomic E-state index is -2.11. The number of rotatable bonds is 3. The van der Waals surface area contributed by atoms with E-state index >= 15 is 0 Å². The van der Waals surface area contributed by atoms with Crippen molar-refractivity contribution in [1.29, 1.82) is 0 Å². The van der Waals surface area contributed by atoms with E-state index in [1.165, 1.54) is 0 Å². The quantitative estimate of drug-likeness (QED) is 0.678. The van der Waals surface area contributed by atoms with Crippen LogP contribution in [-0.4, -0.2) is 29.4 Å². The van der Waals surface area contributed by atoms with Gasteiger partial charge in [0.1, 0.15) is 6.21 Å². The first kappa shape index (κ1) is 15.9. The predicted octanol–water partition coefficient (Wildman–Crippen LogP) is 2.52. The number of benzene rings is 3. The van der Waals surface area contributed by atoms with Gasteiger partial charge in [0.05, 0.1) is 11.3 Å². The Morgan fingerprint density at radius 3 is 2.26 bits per heavy atom. The van der Waals surface area contributed by atoms with Gasteiger partial charge in [-0.25, -0.2) is 4.79 Å². The average Bonchev–Trinajstić information content (AvgIpc) is 2.99. The molecule has 0 aliphatic carbocycles. The molecule has 0 radical (unpaired) electrons. The highest BCUT2D eigenvalue weighted by Crippen LogP contribution is 2.32. The Hall–Kier alpha value is -3.34. The summed E-state index contributed by atoms with van der Waals surface area (Å²) in [5.74, 6) is 0.470. The summed E-state index contributed by atoms with van der Waals surface area (Å²) in [4.78, 5) is 12.9. The molecule has 132 valence electrons. The third-order valence-corrected chi connectivity index (χ3v) is 5.29. The molecule has 2 unspecified atom stereocenters. The molecular formula is C22H18BNO3. The van der Waals surface area contributed by atoms with Crippen LogP contribution in [0.15, 0.2) is 84.9 Å². The summed E-state index contributed by atoms with van der Waals surface area (Å²) in [5, 5.41) is 0. The molecule has 2 atom stereocenters. The third-order valence-electron chi connectivity index (χ3n) is 5.29. The molecule has 2 aliphatic heterocycles. The highest BCUT2D eigenvalue weighted by molar-refractivity contribution is 6.77. The number of hydrogen-bond acceptors (Lipinski definition) is 3. The summed E-state index contributed by atoms with van der Waals surface area (Å²) in [7, 11) is 0. The van der Waals surface area contributed by atoms with E-state index in [2.05, 4.69) is 0 Å². The highest BCUT2D eigenvalue weighted by atomic mass is 16.7. The van der Waals surface area contributed by atoms with Crippen molar-refractivity contribution in [2.75, 3.05) is 0 Å². The van der Waals surface area contributed by atoms with Gasteiger partial charge in [-0.05, 0) is 23.2 Å². The number of fused-ring (bicyclic) bond motifs is 2. The van der Waals surface area contributed by atoms with Crippen molar-refractivity contribution < 1.29 is 18.6 Å². The lowest BCUT2D eigenvalue weighted by atomic mass is 9.62. The van der Waals surface area contributed by atoms with Gasteiger partial charge in [-0.3, -0.25) is 0 Å². The Labute approximate surface area is 157 Å². The predicted molar refractivity (Wildman–Crippen MR) is 104 cm³/mol. The Bertz CT molecular complexity index is 1040. The molecule has 4 nitrogen and oxygen atoms in total. The van der Waals surface area contributed by atoms with Crippen LogP contribution >= 0.6 is 0 Å². The SMILES string of the molecule is O=C1O[B-]2(c3ccccc3)Oc3ccccc3C=[N+]2C1Cc1ccccc1. The molecule has 27 heavy (non-hydrogen) atoms. The van der Waals surface area contributed by atoms with Gasteiger partial charge in [0.25, 0.3) is 0 Å². The summed E-state index contributed by atoms with van der Waals surface area (Å²) in [6.07, 6.45) is 2.57. The first-order chi connectivity index (χ1) is 13.3. The van der Waals surface area contributed by atoms with E-state index in [4.69, 9.17) is 9.31 Å². The van der Waals surface area contributed by atoms with Crippen LogP contribution in [0.25, 0.3) is 0 Å². The van der Waals surface area contributed by atoms with Gasteiger partial charge in [-0.1, -0.05) is 72.8 Å². The second kappa shape index (κ2) is 6.13. The van der Waals surface area contributed by atoms with Gasteiger partial charge in [0.15, 0.2) is 0 Å². The standard InChI is InChI=1S/C22H18BNO3/c25-22-20(15-17-9-3-1-4-10-17)24-16-18-11-7-8-14-21(18)26-23(24,27-22)19-12-5-2-6-13-19/h1-14,16,20H,15H2. The second-order valence-corrected chi connectivity index (χ2v) is 6.96. The van der Waals surface area contributed by atoms with E-state index in [1.807, 2.05) is 95.6 Å². The van der Waals surface area contributed by atoms with E-state index in [0.717, 1.165) is 22.3 Å². The fourth-order valence-electron chi connectivity index (χ4n) is 3.99. The van der Waals surface area contributed by atoms with E-state index < -0.39 is 12.7 Å². The van der Waals surface area contributed by atoms with E-state index in [1.54, 1.807) is 0 Å². The van der Waals surface area contributed by atoms with Crippen molar-refractivity contribution in [3.05, 3.63) is 96.1 Å². The molecule has 0 bridgehead atoms. The molecule has 0 spiro atoms. The van der Waals surface area contributed by atoms with Crippen LogP contribution in [-0.2, 0) is 15.9 Å². The van der Waals surface area contributed by atoms with E-state index in [9.17, 15) is 4.79 Å². The lowest BCUT2D eigenvalue weighted by Crippen LogP contribution is -2.64. The van der Waals surface area contributed by atoms with Gasteiger partial charge in [0, 0.05) is 6.42 Å². The Morgan fingerprint density at radius 1 is 0.815 bits per heavy atom. The summed E-state index contributed by atoms with van der Waals surface area (Å²) in [6.45, 7) is -2.11. The zero-order valence-corrected chi connectivity index (χ0v) is 14.7. The minimum absolute atomic E-state index is 0.258. The van der Waals surface area contributed by atoms with Gasteiger partial charge >= 0.3 is 12.7 Å². The van der Waals surface area contributed by atoms with Crippen molar-refractivity contribution >= 4 is 24.3 Å². The minimum Gasteiger partial charge on any atom is -0.618 e. The molecule has 0 amide bonds. The first-order valence-electron chi connectivity index (χ1n) is 9.13. The number of carbonyl (C=O) groups excluding carboxylic acids is 1. The molecule has 2 heterocycles. The fraction of sp³-hybridized carbons (Fsp3) is 0.0909. The van der Waals surface area contributed by atoms with Crippen molar-refractivity contribution in [3.8, 4) is 5.75 Å². The molecule has 1 saturated heterocycles. The van der Waals surface area contributed by atoms with Crippen molar-refractivity contribution in [3.63, 3.8) is 0 Å². The van der Waals surface area contributed by atoms with Crippen LogP contribution in [0.3, 0.4) is 0 Å². The maximum absolute atomic E-state index is 12.9. The summed E-state index contributed by atoms with van der Waals surface area (Å²) >= 11 is 0. The molecule has 3 aromatic rings. The second-order valence-electron chi connectivity index (χ2n) is 6.96. The van der Waals surface area contributed by atoms with Crippen molar-refractivity contribution in [2.24, 2.45) is 0 Å². The monoisotopic (exact) mass is 355 g/mol. The van der Waals surface area contributed by atoms with Gasteiger partial charge in [-0.2, -0.15) is 0 Å². The largest absolute Gasteiger partial charge is 0.682 e. The summed E-state index contributed by atoms with van der Waals surface area (Å²) in [5.41, 5.74) is 2.89. The molecule has 3 aromatic carbocycles. The number of para-hydroxylation sites is 1. The van der Waals surface area contributed by atoms with Crippen LogP contribution in [0.1, 0.15) is 11.1 Å². The molecule has 1 fully saturated rings. The van der Waals surface area contributed by atoms with Crippen molar-refractivity contribution in [1.82, 2.24) is 0 Å². The average molecular weight is 355 g/mol.